The van der Waals surface area contributed by atoms with Crippen LogP contribution in [0.2, 0.25) is 0 Å². The summed E-state index contributed by atoms with van der Waals surface area (Å²) in [7, 11) is 0. The van der Waals surface area contributed by atoms with Gasteiger partial charge in [-0.2, -0.15) is 0 Å². The maximum absolute atomic E-state index is 12.7. The Morgan fingerprint density at radius 1 is 1.13 bits per heavy atom. The smallest absolute Gasteiger partial charge is 0.409 e. The third-order valence-electron chi connectivity index (χ3n) is 5.35. The van der Waals surface area contributed by atoms with E-state index in [-0.39, 0.29) is 29.7 Å². The van der Waals surface area contributed by atoms with Crippen molar-refractivity contribution in [3.8, 4) is 0 Å². The van der Waals surface area contributed by atoms with Crippen LogP contribution in [0, 0.1) is 0 Å². The van der Waals surface area contributed by atoms with E-state index in [0.29, 0.717) is 43.4 Å². The Morgan fingerprint density at radius 2 is 1.84 bits per heavy atom. The van der Waals surface area contributed by atoms with Crippen molar-refractivity contribution in [1.82, 2.24) is 20.1 Å². The van der Waals surface area contributed by atoms with Gasteiger partial charge in [0.2, 0.25) is 5.91 Å². The molecular formula is C22H26N4O4S. The van der Waals surface area contributed by atoms with Gasteiger partial charge in [0.05, 0.1) is 28.5 Å². The number of hydrogen-bond donors (Lipinski definition) is 1. The highest BCUT2D eigenvalue weighted by Gasteiger charge is 2.26. The van der Waals surface area contributed by atoms with Gasteiger partial charge in [-0.3, -0.25) is 9.59 Å². The molecule has 164 valence electrons. The number of thioether (sulfide) groups is 1. The van der Waals surface area contributed by atoms with Crippen LogP contribution in [0.3, 0.4) is 0 Å². The van der Waals surface area contributed by atoms with Gasteiger partial charge in [0, 0.05) is 37.6 Å². The molecule has 0 spiro atoms. The van der Waals surface area contributed by atoms with Crippen LogP contribution in [0.15, 0.2) is 35.4 Å². The minimum absolute atomic E-state index is 0.00699. The SMILES string of the molecule is CCOC(=O)N1CCN(C(=O)CSc2cc(C(=O)NC3CC3)c3ccccc3n2)CC1. The number of benzene rings is 1. The van der Waals surface area contributed by atoms with Gasteiger partial charge >= 0.3 is 6.09 Å². The summed E-state index contributed by atoms with van der Waals surface area (Å²) in [5.74, 6) is 0.130. The first-order chi connectivity index (χ1) is 15.0. The average Bonchev–Trinajstić information content (AvgIpc) is 3.61. The molecule has 0 radical (unpaired) electrons. The maximum atomic E-state index is 12.7. The normalized spacial score (nSPS) is 16.3. The minimum Gasteiger partial charge on any atom is -0.450 e. The van der Waals surface area contributed by atoms with E-state index in [0.717, 1.165) is 23.7 Å². The Balaban J connectivity index is 1.39. The Bertz CT molecular complexity index is 987. The molecule has 0 bridgehead atoms. The van der Waals surface area contributed by atoms with E-state index in [2.05, 4.69) is 10.3 Å². The molecule has 4 rings (SSSR count). The van der Waals surface area contributed by atoms with Crippen molar-refractivity contribution in [2.24, 2.45) is 0 Å². The molecule has 2 aliphatic rings. The van der Waals surface area contributed by atoms with Crippen LogP contribution in [0.1, 0.15) is 30.1 Å². The molecule has 1 saturated carbocycles. The lowest BCUT2D eigenvalue weighted by atomic mass is 10.1. The third kappa shape index (κ3) is 5.28. The van der Waals surface area contributed by atoms with Crippen molar-refractivity contribution in [1.29, 1.82) is 0 Å². The topological polar surface area (TPSA) is 91.8 Å². The van der Waals surface area contributed by atoms with Gasteiger partial charge in [0.25, 0.3) is 5.91 Å². The largest absolute Gasteiger partial charge is 0.450 e. The summed E-state index contributed by atoms with van der Waals surface area (Å²) >= 11 is 1.33. The average molecular weight is 443 g/mol. The molecule has 9 heteroatoms. The maximum Gasteiger partial charge on any atom is 0.409 e. The number of aromatic nitrogens is 1. The van der Waals surface area contributed by atoms with E-state index >= 15 is 0 Å². The Kier molecular flexibility index (Phi) is 6.60. The highest BCUT2D eigenvalue weighted by atomic mass is 32.2. The van der Waals surface area contributed by atoms with E-state index in [1.54, 1.807) is 22.8 Å². The van der Waals surface area contributed by atoms with Crippen LogP contribution in [0.25, 0.3) is 10.9 Å². The van der Waals surface area contributed by atoms with Crippen LogP contribution in [-0.2, 0) is 9.53 Å². The fourth-order valence-electron chi connectivity index (χ4n) is 3.48. The number of para-hydroxylation sites is 1. The summed E-state index contributed by atoms with van der Waals surface area (Å²) in [6.45, 7) is 4.02. The molecule has 2 heterocycles. The van der Waals surface area contributed by atoms with Crippen molar-refractivity contribution >= 4 is 40.6 Å². The van der Waals surface area contributed by atoms with Crippen molar-refractivity contribution in [3.63, 3.8) is 0 Å². The summed E-state index contributed by atoms with van der Waals surface area (Å²) in [5.41, 5.74) is 1.33. The number of nitrogens with zero attached hydrogens (tertiary/aromatic N) is 3. The number of ether oxygens (including phenoxy) is 1. The highest BCUT2D eigenvalue weighted by molar-refractivity contribution is 7.99. The fraction of sp³-hybridized carbons (Fsp3) is 0.455. The van der Waals surface area contributed by atoms with Crippen molar-refractivity contribution in [2.75, 3.05) is 38.5 Å². The molecule has 1 aromatic carbocycles. The first kappa shape index (κ1) is 21.4. The quantitative estimate of drug-likeness (QED) is 0.692. The van der Waals surface area contributed by atoms with Crippen LogP contribution in [0.4, 0.5) is 4.79 Å². The number of carbonyl (C=O) groups excluding carboxylic acids is 3. The molecule has 3 amide bonds. The molecule has 1 aromatic heterocycles. The van der Waals surface area contributed by atoms with E-state index in [4.69, 9.17) is 4.74 Å². The van der Waals surface area contributed by atoms with Gasteiger partial charge in [0.15, 0.2) is 0 Å². The molecule has 0 atom stereocenters. The standard InChI is InChI=1S/C22H26N4O4S/c1-2-30-22(29)26-11-9-25(10-12-26)20(27)14-31-19-13-17(21(28)23-15-7-8-15)16-5-3-4-6-18(16)24-19/h3-6,13,15H,2,7-12,14H2,1H3,(H,23,28). The van der Waals surface area contributed by atoms with E-state index in [9.17, 15) is 14.4 Å². The number of nitrogens with one attached hydrogen (secondary N) is 1. The fourth-order valence-corrected chi connectivity index (χ4v) is 4.30. The predicted octanol–water partition coefficient (Wildman–Crippen LogP) is 2.52. The summed E-state index contributed by atoms with van der Waals surface area (Å²) in [6, 6.07) is 9.60. The van der Waals surface area contributed by atoms with Crippen LogP contribution in [-0.4, -0.2) is 77.3 Å². The molecule has 1 N–H and O–H groups in total. The lowest BCUT2D eigenvalue weighted by Crippen LogP contribution is -2.51. The van der Waals surface area contributed by atoms with E-state index < -0.39 is 0 Å². The highest BCUT2D eigenvalue weighted by Crippen LogP contribution is 2.26. The summed E-state index contributed by atoms with van der Waals surface area (Å²) in [6.07, 6.45) is 1.71. The van der Waals surface area contributed by atoms with E-state index in [1.165, 1.54) is 11.8 Å². The number of hydrogen-bond acceptors (Lipinski definition) is 6. The molecule has 2 fully saturated rings. The van der Waals surface area contributed by atoms with Crippen LogP contribution >= 0.6 is 11.8 Å². The third-order valence-corrected chi connectivity index (χ3v) is 6.25. The van der Waals surface area contributed by atoms with Gasteiger partial charge in [-0.05, 0) is 31.9 Å². The number of pyridine rings is 1. The minimum atomic E-state index is -0.332. The molecule has 2 aromatic rings. The molecule has 1 saturated heterocycles. The summed E-state index contributed by atoms with van der Waals surface area (Å²) in [4.78, 5) is 45.2. The molecule has 0 unspecified atom stereocenters. The van der Waals surface area contributed by atoms with E-state index in [1.807, 2.05) is 24.3 Å². The second-order valence-corrected chi connectivity index (χ2v) is 8.62. The zero-order valence-corrected chi connectivity index (χ0v) is 18.3. The van der Waals surface area contributed by atoms with Gasteiger partial charge in [-0.25, -0.2) is 9.78 Å². The Hall–Kier alpha value is -2.81. The van der Waals surface area contributed by atoms with Gasteiger partial charge in [-0.15, -0.1) is 0 Å². The van der Waals surface area contributed by atoms with Gasteiger partial charge < -0.3 is 19.9 Å². The number of carbonyl (C=O) groups is 3. The zero-order chi connectivity index (χ0) is 21.8. The first-order valence-electron chi connectivity index (χ1n) is 10.6. The molecule has 1 aliphatic heterocycles. The summed E-state index contributed by atoms with van der Waals surface area (Å²) in [5, 5.41) is 4.50. The monoisotopic (exact) mass is 442 g/mol. The Labute approximate surface area is 185 Å². The number of amides is 3. The van der Waals surface area contributed by atoms with Crippen LogP contribution < -0.4 is 5.32 Å². The molecule has 8 nitrogen and oxygen atoms in total. The number of rotatable bonds is 6. The lowest BCUT2D eigenvalue weighted by Gasteiger charge is -2.34. The first-order valence-corrected chi connectivity index (χ1v) is 11.6. The second kappa shape index (κ2) is 9.55. The second-order valence-electron chi connectivity index (χ2n) is 7.63. The van der Waals surface area contributed by atoms with Crippen molar-refractivity contribution in [3.05, 3.63) is 35.9 Å². The van der Waals surface area contributed by atoms with Gasteiger partial charge in [-0.1, -0.05) is 30.0 Å². The van der Waals surface area contributed by atoms with Crippen LogP contribution in [0.5, 0.6) is 0 Å². The Morgan fingerprint density at radius 3 is 2.55 bits per heavy atom. The molecule has 1 aliphatic carbocycles. The summed E-state index contributed by atoms with van der Waals surface area (Å²) < 4.78 is 5.01. The molecular weight excluding hydrogens is 416 g/mol. The van der Waals surface area contributed by atoms with Gasteiger partial charge in [0.1, 0.15) is 0 Å². The number of piperazine rings is 1. The van der Waals surface area contributed by atoms with Crippen molar-refractivity contribution in [2.45, 2.75) is 30.8 Å². The number of fused-ring (bicyclic) bond motifs is 1. The lowest BCUT2D eigenvalue weighted by molar-refractivity contribution is -0.129. The van der Waals surface area contributed by atoms with Crippen molar-refractivity contribution < 1.29 is 19.1 Å². The zero-order valence-electron chi connectivity index (χ0n) is 17.5. The molecule has 31 heavy (non-hydrogen) atoms. The predicted molar refractivity (Wildman–Crippen MR) is 118 cm³/mol.